The van der Waals surface area contributed by atoms with Crippen LogP contribution in [-0.4, -0.2) is 17.7 Å². The molecule has 1 fully saturated rings. The molecule has 0 saturated carbocycles. The molecule has 3 heteroatoms. The summed E-state index contributed by atoms with van der Waals surface area (Å²) in [7, 11) is 0. The molecular weight excluding hydrogens is 194 g/mol. The minimum absolute atomic E-state index is 0.222. The van der Waals surface area contributed by atoms with Gasteiger partial charge in [-0.2, -0.15) is 0 Å². The molecule has 0 spiro atoms. The number of aryl methyl sites for hydroxylation is 1. The second-order valence-corrected chi connectivity index (χ2v) is 5.15. The topological polar surface area (TPSA) is 32.3 Å². The number of hydrogen-bond donors (Lipinski definition) is 2. The van der Waals surface area contributed by atoms with Crippen LogP contribution in [0.4, 0.5) is 0 Å². The summed E-state index contributed by atoms with van der Waals surface area (Å²) >= 11 is 1.65. The highest BCUT2D eigenvalue weighted by Gasteiger charge is 2.37. The van der Waals surface area contributed by atoms with Crippen molar-refractivity contribution in [1.82, 2.24) is 5.32 Å². The van der Waals surface area contributed by atoms with Gasteiger partial charge in [-0.3, -0.25) is 0 Å². The van der Waals surface area contributed by atoms with Crippen molar-refractivity contribution in [3.63, 3.8) is 0 Å². The normalized spacial score (nSPS) is 26.4. The monoisotopic (exact) mass is 211 g/mol. The third-order valence-corrected chi connectivity index (χ3v) is 4.30. The zero-order chi connectivity index (χ0) is 10.2. The SMILES string of the molecule is Cc1ccsc1C(C)(O)C1CCCN1. The van der Waals surface area contributed by atoms with Crippen LogP contribution in [0.1, 0.15) is 30.2 Å². The van der Waals surface area contributed by atoms with Crippen molar-refractivity contribution in [2.45, 2.75) is 38.3 Å². The van der Waals surface area contributed by atoms with Crippen LogP contribution in [0.3, 0.4) is 0 Å². The Morgan fingerprint density at radius 1 is 1.64 bits per heavy atom. The molecule has 2 rings (SSSR count). The van der Waals surface area contributed by atoms with Crippen LogP contribution in [0.25, 0.3) is 0 Å². The van der Waals surface area contributed by atoms with Gasteiger partial charge in [0.15, 0.2) is 0 Å². The first kappa shape index (κ1) is 10.1. The van der Waals surface area contributed by atoms with E-state index in [9.17, 15) is 5.11 Å². The Kier molecular flexibility index (Phi) is 2.64. The van der Waals surface area contributed by atoms with Crippen LogP contribution in [0.15, 0.2) is 11.4 Å². The molecule has 1 aliphatic rings. The van der Waals surface area contributed by atoms with Crippen LogP contribution in [0.2, 0.25) is 0 Å². The first-order valence-corrected chi connectivity index (χ1v) is 6.00. The molecule has 2 heterocycles. The van der Waals surface area contributed by atoms with Crippen molar-refractivity contribution in [3.05, 3.63) is 21.9 Å². The van der Waals surface area contributed by atoms with E-state index in [1.54, 1.807) is 11.3 Å². The highest BCUT2D eigenvalue weighted by atomic mass is 32.1. The van der Waals surface area contributed by atoms with E-state index in [1.807, 2.05) is 12.3 Å². The van der Waals surface area contributed by atoms with Gasteiger partial charge in [-0.15, -0.1) is 11.3 Å². The van der Waals surface area contributed by atoms with Gasteiger partial charge < -0.3 is 10.4 Å². The number of rotatable bonds is 2. The van der Waals surface area contributed by atoms with Crippen molar-refractivity contribution in [3.8, 4) is 0 Å². The molecule has 2 atom stereocenters. The molecule has 2 nitrogen and oxygen atoms in total. The van der Waals surface area contributed by atoms with E-state index < -0.39 is 5.60 Å². The average Bonchev–Trinajstić information content (AvgIpc) is 2.72. The molecule has 1 aromatic heterocycles. The molecule has 0 amide bonds. The van der Waals surface area contributed by atoms with Crippen LogP contribution in [0.5, 0.6) is 0 Å². The predicted molar refractivity (Wildman–Crippen MR) is 59.7 cm³/mol. The largest absolute Gasteiger partial charge is 0.383 e. The van der Waals surface area contributed by atoms with Crippen LogP contribution < -0.4 is 5.32 Å². The molecule has 78 valence electrons. The molecule has 1 aliphatic heterocycles. The third kappa shape index (κ3) is 1.60. The molecule has 14 heavy (non-hydrogen) atoms. The number of thiophene rings is 1. The summed E-state index contributed by atoms with van der Waals surface area (Å²) in [6.45, 7) is 5.02. The lowest BCUT2D eigenvalue weighted by molar-refractivity contribution is 0.0249. The third-order valence-electron chi connectivity index (χ3n) is 3.06. The van der Waals surface area contributed by atoms with E-state index in [0.717, 1.165) is 17.8 Å². The fourth-order valence-corrected chi connectivity index (χ4v) is 3.26. The maximum Gasteiger partial charge on any atom is 0.111 e. The Bertz CT molecular complexity index is 313. The first-order chi connectivity index (χ1) is 6.62. The fraction of sp³-hybridized carbons (Fsp3) is 0.636. The molecule has 0 bridgehead atoms. The molecule has 0 radical (unpaired) electrons. The van der Waals surface area contributed by atoms with E-state index in [-0.39, 0.29) is 6.04 Å². The second-order valence-electron chi connectivity index (χ2n) is 4.23. The van der Waals surface area contributed by atoms with Crippen LogP contribution in [0, 0.1) is 6.92 Å². The standard InChI is InChI=1S/C11H17NOS/c1-8-5-7-14-10(8)11(2,13)9-4-3-6-12-9/h5,7,9,12-13H,3-4,6H2,1-2H3. The van der Waals surface area contributed by atoms with Gasteiger partial charge in [-0.05, 0) is 50.2 Å². The van der Waals surface area contributed by atoms with Crippen molar-refractivity contribution < 1.29 is 5.11 Å². The molecule has 1 aromatic rings. The summed E-state index contributed by atoms with van der Waals surface area (Å²) in [5.74, 6) is 0. The van der Waals surface area contributed by atoms with Gasteiger partial charge in [-0.1, -0.05) is 0 Å². The molecule has 2 unspecified atom stereocenters. The van der Waals surface area contributed by atoms with Crippen LogP contribution >= 0.6 is 11.3 Å². The van der Waals surface area contributed by atoms with Gasteiger partial charge in [0.2, 0.25) is 0 Å². The Morgan fingerprint density at radius 3 is 2.93 bits per heavy atom. The molecule has 2 N–H and O–H groups in total. The molecule has 0 aromatic carbocycles. The summed E-state index contributed by atoms with van der Waals surface area (Å²) in [6, 6.07) is 2.29. The summed E-state index contributed by atoms with van der Waals surface area (Å²) in [6.07, 6.45) is 2.25. The fourth-order valence-electron chi connectivity index (χ4n) is 2.21. The molecule has 0 aliphatic carbocycles. The van der Waals surface area contributed by atoms with Gasteiger partial charge in [0.05, 0.1) is 0 Å². The van der Waals surface area contributed by atoms with Gasteiger partial charge in [-0.25, -0.2) is 0 Å². The summed E-state index contributed by atoms with van der Waals surface area (Å²) in [5.41, 5.74) is 0.503. The van der Waals surface area contributed by atoms with E-state index in [1.165, 1.54) is 12.0 Å². The Balaban J connectivity index is 2.26. The maximum atomic E-state index is 10.5. The van der Waals surface area contributed by atoms with E-state index >= 15 is 0 Å². The van der Waals surface area contributed by atoms with Gasteiger partial charge >= 0.3 is 0 Å². The lowest BCUT2D eigenvalue weighted by Crippen LogP contribution is -2.42. The van der Waals surface area contributed by atoms with Gasteiger partial charge in [0.1, 0.15) is 5.60 Å². The Labute approximate surface area is 89.0 Å². The predicted octanol–water partition coefficient (Wildman–Crippen LogP) is 2.02. The number of hydrogen-bond acceptors (Lipinski definition) is 3. The number of nitrogens with one attached hydrogen (secondary N) is 1. The summed E-state index contributed by atoms with van der Waals surface area (Å²) in [5, 5.41) is 15.9. The van der Waals surface area contributed by atoms with Gasteiger partial charge in [0, 0.05) is 10.9 Å². The van der Waals surface area contributed by atoms with Crippen molar-refractivity contribution in [1.29, 1.82) is 0 Å². The van der Waals surface area contributed by atoms with Crippen LogP contribution in [-0.2, 0) is 5.60 Å². The van der Waals surface area contributed by atoms with Gasteiger partial charge in [0.25, 0.3) is 0 Å². The molecule has 1 saturated heterocycles. The number of aliphatic hydroxyl groups is 1. The first-order valence-electron chi connectivity index (χ1n) is 5.12. The minimum atomic E-state index is -0.700. The lowest BCUT2D eigenvalue weighted by atomic mass is 9.91. The second kappa shape index (κ2) is 3.65. The highest BCUT2D eigenvalue weighted by molar-refractivity contribution is 7.10. The van der Waals surface area contributed by atoms with Crippen molar-refractivity contribution >= 4 is 11.3 Å². The van der Waals surface area contributed by atoms with Crippen molar-refractivity contribution in [2.75, 3.05) is 6.54 Å². The molecular formula is C11H17NOS. The quantitative estimate of drug-likeness (QED) is 0.784. The Hall–Kier alpha value is -0.380. The van der Waals surface area contributed by atoms with E-state index in [2.05, 4.69) is 18.3 Å². The summed E-state index contributed by atoms with van der Waals surface area (Å²) < 4.78 is 0. The maximum absolute atomic E-state index is 10.5. The average molecular weight is 211 g/mol. The van der Waals surface area contributed by atoms with Crippen molar-refractivity contribution in [2.24, 2.45) is 0 Å². The Morgan fingerprint density at radius 2 is 2.43 bits per heavy atom. The van der Waals surface area contributed by atoms with E-state index in [4.69, 9.17) is 0 Å². The smallest absolute Gasteiger partial charge is 0.111 e. The summed E-state index contributed by atoms with van der Waals surface area (Å²) in [4.78, 5) is 1.11. The zero-order valence-corrected chi connectivity index (χ0v) is 9.53. The zero-order valence-electron chi connectivity index (χ0n) is 8.71. The highest BCUT2D eigenvalue weighted by Crippen LogP contribution is 2.34. The van der Waals surface area contributed by atoms with E-state index in [0.29, 0.717) is 0 Å². The lowest BCUT2D eigenvalue weighted by Gasteiger charge is -2.30. The minimum Gasteiger partial charge on any atom is -0.383 e.